The van der Waals surface area contributed by atoms with Crippen LogP contribution in [0.25, 0.3) is 0 Å². The first-order chi connectivity index (χ1) is 13.6. The Morgan fingerprint density at radius 1 is 1.00 bits per heavy atom. The summed E-state index contributed by atoms with van der Waals surface area (Å²) < 4.78 is 5.64. The van der Waals surface area contributed by atoms with Crippen molar-refractivity contribution in [3.63, 3.8) is 0 Å². The van der Waals surface area contributed by atoms with Gasteiger partial charge in [-0.15, -0.1) is 0 Å². The molecule has 0 bridgehead atoms. The van der Waals surface area contributed by atoms with Crippen LogP contribution in [0.3, 0.4) is 0 Å². The van der Waals surface area contributed by atoms with Crippen LogP contribution in [0.1, 0.15) is 25.5 Å². The number of hydrogen-bond acceptors (Lipinski definition) is 4. The summed E-state index contributed by atoms with van der Waals surface area (Å²) in [7, 11) is 0. The van der Waals surface area contributed by atoms with E-state index in [1.54, 1.807) is 6.92 Å². The van der Waals surface area contributed by atoms with Crippen molar-refractivity contribution in [3.05, 3.63) is 60.2 Å². The van der Waals surface area contributed by atoms with E-state index in [9.17, 15) is 9.59 Å². The third kappa shape index (κ3) is 4.70. The summed E-state index contributed by atoms with van der Waals surface area (Å²) in [6.45, 7) is 6.59. The zero-order chi connectivity index (χ0) is 19.9. The van der Waals surface area contributed by atoms with Crippen LogP contribution in [-0.4, -0.2) is 54.4 Å². The largest absolute Gasteiger partial charge is 0.492 e. The van der Waals surface area contributed by atoms with Gasteiger partial charge in [-0.25, -0.2) is 0 Å². The summed E-state index contributed by atoms with van der Waals surface area (Å²) in [5, 5.41) is 3.04. The molecule has 1 aliphatic heterocycles. The second-order valence-electron chi connectivity index (χ2n) is 6.77. The molecule has 148 valence electrons. The van der Waals surface area contributed by atoms with Gasteiger partial charge in [0.1, 0.15) is 11.8 Å². The van der Waals surface area contributed by atoms with Crippen molar-refractivity contribution in [1.29, 1.82) is 0 Å². The highest BCUT2D eigenvalue weighted by molar-refractivity contribution is 5.96. The second kappa shape index (κ2) is 9.37. The maximum Gasteiger partial charge on any atom is 0.246 e. The Labute approximate surface area is 166 Å². The number of nitrogens with zero attached hydrogens (tertiary/aromatic N) is 2. The molecule has 1 N–H and O–H groups in total. The molecule has 0 aliphatic carbocycles. The summed E-state index contributed by atoms with van der Waals surface area (Å²) in [6.07, 6.45) is 0. The third-order valence-electron chi connectivity index (χ3n) is 4.93. The highest BCUT2D eigenvalue weighted by Gasteiger charge is 2.31. The monoisotopic (exact) mass is 381 g/mol. The van der Waals surface area contributed by atoms with E-state index in [1.807, 2.05) is 66.4 Å². The summed E-state index contributed by atoms with van der Waals surface area (Å²) >= 11 is 0. The SMILES string of the molecule is CCOc1ccccc1NC(=O)[C@H](c1ccccc1)N1CCN(C(C)=O)CC1. The molecule has 1 heterocycles. The number of rotatable bonds is 6. The van der Waals surface area contributed by atoms with Crippen molar-refractivity contribution in [1.82, 2.24) is 9.80 Å². The van der Waals surface area contributed by atoms with Gasteiger partial charge < -0.3 is 15.0 Å². The highest BCUT2D eigenvalue weighted by Crippen LogP contribution is 2.28. The maximum atomic E-state index is 13.3. The molecule has 2 aromatic carbocycles. The van der Waals surface area contributed by atoms with Crippen LogP contribution < -0.4 is 10.1 Å². The molecule has 0 saturated carbocycles. The normalized spacial score (nSPS) is 15.7. The average Bonchev–Trinajstić information content (AvgIpc) is 2.71. The van der Waals surface area contributed by atoms with E-state index in [1.165, 1.54) is 0 Å². The first kappa shape index (κ1) is 19.9. The summed E-state index contributed by atoms with van der Waals surface area (Å²) in [6, 6.07) is 16.8. The molecule has 0 radical (unpaired) electrons. The molecule has 2 aromatic rings. The number of piperazine rings is 1. The van der Waals surface area contributed by atoms with Gasteiger partial charge in [0.25, 0.3) is 0 Å². The second-order valence-corrected chi connectivity index (χ2v) is 6.77. The van der Waals surface area contributed by atoms with Crippen LogP contribution in [0, 0.1) is 0 Å². The maximum absolute atomic E-state index is 13.3. The summed E-state index contributed by atoms with van der Waals surface area (Å²) in [4.78, 5) is 28.9. The van der Waals surface area contributed by atoms with Crippen LogP contribution >= 0.6 is 0 Å². The molecular weight excluding hydrogens is 354 g/mol. The predicted octanol–water partition coefficient (Wildman–Crippen LogP) is 2.93. The number of anilines is 1. The number of para-hydroxylation sites is 2. The van der Waals surface area contributed by atoms with Crippen molar-refractivity contribution in [2.24, 2.45) is 0 Å². The van der Waals surface area contributed by atoms with Gasteiger partial charge in [-0.05, 0) is 24.6 Å². The Hall–Kier alpha value is -2.86. The van der Waals surface area contributed by atoms with E-state index in [0.29, 0.717) is 44.2 Å². The average molecular weight is 381 g/mol. The zero-order valence-electron chi connectivity index (χ0n) is 16.4. The zero-order valence-corrected chi connectivity index (χ0v) is 16.4. The lowest BCUT2D eigenvalue weighted by atomic mass is 10.0. The van der Waals surface area contributed by atoms with Crippen molar-refractivity contribution in [2.45, 2.75) is 19.9 Å². The quantitative estimate of drug-likeness (QED) is 0.836. The molecule has 1 saturated heterocycles. The van der Waals surface area contributed by atoms with Crippen LogP contribution in [0.2, 0.25) is 0 Å². The van der Waals surface area contributed by atoms with Crippen LogP contribution in [-0.2, 0) is 9.59 Å². The molecule has 0 spiro atoms. The van der Waals surface area contributed by atoms with Gasteiger partial charge in [-0.2, -0.15) is 0 Å². The van der Waals surface area contributed by atoms with Crippen molar-refractivity contribution in [3.8, 4) is 5.75 Å². The highest BCUT2D eigenvalue weighted by atomic mass is 16.5. The molecule has 1 aliphatic rings. The van der Waals surface area contributed by atoms with E-state index in [0.717, 1.165) is 5.56 Å². The van der Waals surface area contributed by atoms with Crippen molar-refractivity contribution in [2.75, 3.05) is 38.1 Å². The number of amides is 2. The molecule has 0 aromatic heterocycles. The molecule has 6 nitrogen and oxygen atoms in total. The van der Waals surface area contributed by atoms with E-state index in [-0.39, 0.29) is 11.8 Å². The van der Waals surface area contributed by atoms with Crippen molar-refractivity contribution < 1.29 is 14.3 Å². The Morgan fingerprint density at radius 2 is 1.64 bits per heavy atom. The molecule has 6 heteroatoms. The first-order valence-corrected chi connectivity index (χ1v) is 9.67. The van der Waals surface area contributed by atoms with Gasteiger partial charge >= 0.3 is 0 Å². The van der Waals surface area contributed by atoms with E-state index in [2.05, 4.69) is 10.2 Å². The molecule has 28 heavy (non-hydrogen) atoms. The topological polar surface area (TPSA) is 61.9 Å². The Balaban J connectivity index is 1.82. The first-order valence-electron chi connectivity index (χ1n) is 9.67. The molecular formula is C22H27N3O3. The molecule has 1 fully saturated rings. The van der Waals surface area contributed by atoms with E-state index < -0.39 is 6.04 Å². The van der Waals surface area contributed by atoms with Gasteiger partial charge in [0.05, 0.1) is 12.3 Å². The minimum Gasteiger partial charge on any atom is -0.492 e. The van der Waals surface area contributed by atoms with Crippen LogP contribution in [0.15, 0.2) is 54.6 Å². The van der Waals surface area contributed by atoms with E-state index in [4.69, 9.17) is 4.74 Å². The van der Waals surface area contributed by atoms with Gasteiger partial charge in [0.2, 0.25) is 11.8 Å². The number of benzene rings is 2. The smallest absolute Gasteiger partial charge is 0.246 e. The lowest BCUT2D eigenvalue weighted by molar-refractivity contribution is -0.131. The van der Waals surface area contributed by atoms with Crippen LogP contribution in [0.4, 0.5) is 5.69 Å². The molecule has 0 unspecified atom stereocenters. The molecule has 3 rings (SSSR count). The fraction of sp³-hybridized carbons (Fsp3) is 0.364. The molecule has 2 amide bonds. The predicted molar refractivity (Wildman–Crippen MR) is 109 cm³/mol. The van der Waals surface area contributed by atoms with E-state index >= 15 is 0 Å². The van der Waals surface area contributed by atoms with Crippen LogP contribution in [0.5, 0.6) is 5.75 Å². The lowest BCUT2D eigenvalue weighted by Gasteiger charge is -2.38. The van der Waals surface area contributed by atoms with Crippen molar-refractivity contribution >= 4 is 17.5 Å². The number of carbonyl (C=O) groups excluding carboxylic acids is 2. The number of ether oxygens (including phenoxy) is 1. The molecule has 1 atom stereocenters. The third-order valence-corrected chi connectivity index (χ3v) is 4.93. The lowest BCUT2D eigenvalue weighted by Crippen LogP contribution is -2.51. The fourth-order valence-corrected chi connectivity index (χ4v) is 3.51. The number of hydrogen-bond donors (Lipinski definition) is 1. The van der Waals surface area contributed by atoms with Gasteiger partial charge in [-0.1, -0.05) is 42.5 Å². The minimum atomic E-state index is -0.426. The van der Waals surface area contributed by atoms with Gasteiger partial charge in [-0.3, -0.25) is 14.5 Å². The summed E-state index contributed by atoms with van der Waals surface area (Å²) in [5.74, 6) is 0.632. The Kier molecular flexibility index (Phi) is 6.66. The Bertz CT molecular complexity index is 802. The number of nitrogens with one attached hydrogen (secondary N) is 1. The number of carbonyl (C=O) groups is 2. The fourth-order valence-electron chi connectivity index (χ4n) is 3.51. The van der Waals surface area contributed by atoms with Gasteiger partial charge in [0.15, 0.2) is 0 Å². The van der Waals surface area contributed by atoms with Gasteiger partial charge in [0, 0.05) is 33.1 Å². The minimum absolute atomic E-state index is 0.0750. The standard InChI is InChI=1S/C22H27N3O3/c1-3-28-20-12-8-7-11-19(20)23-22(27)21(18-9-5-4-6-10-18)25-15-13-24(14-16-25)17(2)26/h4-12,21H,3,13-16H2,1-2H3,(H,23,27)/t21-/m0/s1. The Morgan fingerprint density at radius 3 is 2.29 bits per heavy atom. The summed E-state index contributed by atoms with van der Waals surface area (Å²) in [5.41, 5.74) is 1.60.